The Morgan fingerprint density at radius 2 is 1.96 bits per heavy atom. The first-order chi connectivity index (χ1) is 11.5. The fourth-order valence-electron chi connectivity index (χ4n) is 2.31. The van der Waals surface area contributed by atoms with Gasteiger partial charge >= 0.3 is 0 Å². The van der Waals surface area contributed by atoms with E-state index in [0.29, 0.717) is 25.9 Å². The Bertz CT molecular complexity index is 516. The van der Waals surface area contributed by atoms with Gasteiger partial charge in [0.25, 0.3) is 0 Å². The van der Waals surface area contributed by atoms with Gasteiger partial charge in [-0.3, -0.25) is 9.59 Å². The van der Waals surface area contributed by atoms with E-state index in [1.54, 1.807) is 18.9 Å². The molecule has 1 rings (SSSR count). The predicted octanol–water partition coefficient (Wildman–Crippen LogP) is 1.71. The normalized spacial score (nSPS) is 11.7. The summed E-state index contributed by atoms with van der Waals surface area (Å²) in [5.74, 6) is 0.500. The maximum Gasteiger partial charge on any atom is 0.242 e. The van der Waals surface area contributed by atoms with Gasteiger partial charge < -0.3 is 20.1 Å². The topological polar surface area (TPSA) is 78.9 Å². The Balaban J connectivity index is 2.81. The van der Waals surface area contributed by atoms with Crippen LogP contribution < -0.4 is 10.1 Å². The number of hydrogen-bond acceptors (Lipinski definition) is 4. The number of aliphatic hydroxyl groups is 1. The highest BCUT2D eigenvalue weighted by molar-refractivity contribution is 5.87. The van der Waals surface area contributed by atoms with Crippen molar-refractivity contribution < 1.29 is 19.4 Å². The number of nitrogens with one attached hydrogen (secondary N) is 1. The minimum Gasteiger partial charge on any atom is -0.497 e. The first-order valence-corrected chi connectivity index (χ1v) is 8.34. The Hall–Kier alpha value is -2.08. The molecule has 0 saturated carbocycles. The van der Waals surface area contributed by atoms with Crippen LogP contribution in [0.4, 0.5) is 0 Å². The summed E-state index contributed by atoms with van der Waals surface area (Å²) in [6.07, 6.45) is 1.64. The molecular formula is C18H28N2O4. The lowest BCUT2D eigenvalue weighted by molar-refractivity contribution is -0.140. The summed E-state index contributed by atoms with van der Waals surface area (Å²) in [6, 6.07) is 6.89. The Kier molecular flexibility index (Phi) is 8.86. The SMILES string of the molecule is CCCC(=O)N(Cc1ccc(OC)cc1)[C@H](C)C(=O)NCCCO. The van der Waals surface area contributed by atoms with Crippen LogP contribution in [0.3, 0.4) is 0 Å². The fraction of sp³-hybridized carbons (Fsp3) is 0.556. The smallest absolute Gasteiger partial charge is 0.242 e. The van der Waals surface area contributed by atoms with E-state index >= 15 is 0 Å². The van der Waals surface area contributed by atoms with E-state index in [-0.39, 0.29) is 18.4 Å². The number of rotatable bonds is 10. The van der Waals surface area contributed by atoms with Crippen molar-refractivity contribution in [3.05, 3.63) is 29.8 Å². The van der Waals surface area contributed by atoms with Crippen LogP contribution in [-0.2, 0) is 16.1 Å². The van der Waals surface area contributed by atoms with Gasteiger partial charge in [-0.2, -0.15) is 0 Å². The molecule has 1 atom stereocenters. The third-order valence-corrected chi connectivity index (χ3v) is 3.78. The summed E-state index contributed by atoms with van der Waals surface area (Å²) in [7, 11) is 1.60. The highest BCUT2D eigenvalue weighted by Crippen LogP contribution is 2.15. The number of methoxy groups -OCH3 is 1. The van der Waals surface area contributed by atoms with Crippen LogP contribution in [0.5, 0.6) is 5.75 Å². The molecule has 134 valence electrons. The Labute approximate surface area is 143 Å². The molecule has 0 fully saturated rings. The molecule has 6 nitrogen and oxygen atoms in total. The molecule has 0 aliphatic carbocycles. The van der Waals surface area contributed by atoms with Crippen LogP contribution in [0.1, 0.15) is 38.7 Å². The monoisotopic (exact) mass is 336 g/mol. The van der Waals surface area contributed by atoms with Gasteiger partial charge in [0.1, 0.15) is 11.8 Å². The molecule has 0 aliphatic rings. The molecule has 1 aromatic rings. The van der Waals surface area contributed by atoms with E-state index in [1.807, 2.05) is 31.2 Å². The van der Waals surface area contributed by atoms with Crippen LogP contribution in [0, 0.1) is 0 Å². The molecule has 0 aromatic heterocycles. The molecule has 6 heteroatoms. The number of hydrogen-bond donors (Lipinski definition) is 2. The molecule has 0 aliphatic heterocycles. The van der Waals surface area contributed by atoms with Crippen molar-refractivity contribution in [2.75, 3.05) is 20.3 Å². The van der Waals surface area contributed by atoms with Gasteiger partial charge in [-0.1, -0.05) is 19.1 Å². The van der Waals surface area contributed by atoms with E-state index in [4.69, 9.17) is 9.84 Å². The Morgan fingerprint density at radius 3 is 2.50 bits per heavy atom. The number of carbonyl (C=O) groups is 2. The minimum atomic E-state index is -0.565. The van der Waals surface area contributed by atoms with Gasteiger partial charge in [-0.25, -0.2) is 0 Å². The second-order valence-corrected chi connectivity index (χ2v) is 5.66. The summed E-state index contributed by atoms with van der Waals surface area (Å²) >= 11 is 0. The number of carbonyl (C=O) groups excluding carboxylic acids is 2. The summed E-state index contributed by atoms with van der Waals surface area (Å²) in [5, 5.41) is 11.5. The molecule has 0 heterocycles. The maximum absolute atomic E-state index is 12.4. The van der Waals surface area contributed by atoms with Crippen LogP contribution >= 0.6 is 0 Å². The zero-order valence-electron chi connectivity index (χ0n) is 14.7. The van der Waals surface area contributed by atoms with E-state index in [2.05, 4.69) is 5.32 Å². The van der Waals surface area contributed by atoms with Crippen LogP contribution in [0.25, 0.3) is 0 Å². The molecule has 0 radical (unpaired) electrons. The van der Waals surface area contributed by atoms with Gasteiger partial charge in [0.15, 0.2) is 0 Å². The third kappa shape index (κ3) is 6.20. The summed E-state index contributed by atoms with van der Waals surface area (Å²) in [5.41, 5.74) is 0.940. The number of aliphatic hydroxyl groups excluding tert-OH is 1. The highest BCUT2D eigenvalue weighted by atomic mass is 16.5. The molecule has 24 heavy (non-hydrogen) atoms. The minimum absolute atomic E-state index is 0.0268. The van der Waals surface area contributed by atoms with Gasteiger partial charge in [0, 0.05) is 26.1 Å². The average Bonchev–Trinajstić information content (AvgIpc) is 2.59. The van der Waals surface area contributed by atoms with Gasteiger partial charge in [-0.05, 0) is 37.5 Å². The number of benzene rings is 1. The van der Waals surface area contributed by atoms with E-state index < -0.39 is 6.04 Å². The zero-order valence-corrected chi connectivity index (χ0v) is 14.7. The fourth-order valence-corrected chi connectivity index (χ4v) is 2.31. The molecule has 0 bridgehead atoms. The average molecular weight is 336 g/mol. The van der Waals surface area contributed by atoms with Gasteiger partial charge in [0.2, 0.25) is 11.8 Å². The quantitative estimate of drug-likeness (QED) is 0.638. The lowest BCUT2D eigenvalue weighted by Gasteiger charge is -2.28. The van der Waals surface area contributed by atoms with Gasteiger partial charge in [0.05, 0.1) is 7.11 Å². The molecular weight excluding hydrogens is 308 g/mol. The summed E-state index contributed by atoms with van der Waals surface area (Å²) in [4.78, 5) is 26.3. The predicted molar refractivity (Wildman–Crippen MR) is 92.6 cm³/mol. The summed E-state index contributed by atoms with van der Waals surface area (Å²) < 4.78 is 5.14. The molecule has 0 unspecified atom stereocenters. The maximum atomic E-state index is 12.4. The van der Waals surface area contributed by atoms with Crippen LogP contribution in [0.2, 0.25) is 0 Å². The first kappa shape index (κ1) is 20.0. The standard InChI is InChI=1S/C18H28N2O4/c1-4-6-17(22)20(14(2)18(23)19-11-5-12-21)13-15-7-9-16(24-3)10-8-15/h7-10,14,21H,4-6,11-13H2,1-3H3,(H,19,23)/t14-/m1/s1. The molecule has 1 aromatic carbocycles. The molecule has 2 N–H and O–H groups in total. The highest BCUT2D eigenvalue weighted by Gasteiger charge is 2.25. The Morgan fingerprint density at radius 1 is 1.29 bits per heavy atom. The number of ether oxygens (including phenoxy) is 1. The van der Waals surface area contributed by atoms with Crippen molar-refractivity contribution >= 4 is 11.8 Å². The van der Waals surface area contributed by atoms with Crippen molar-refractivity contribution in [2.24, 2.45) is 0 Å². The van der Waals surface area contributed by atoms with Gasteiger partial charge in [-0.15, -0.1) is 0 Å². The van der Waals surface area contributed by atoms with Crippen LogP contribution in [0.15, 0.2) is 24.3 Å². The first-order valence-electron chi connectivity index (χ1n) is 8.34. The molecule has 0 saturated heterocycles. The van der Waals surface area contributed by atoms with E-state index in [1.165, 1.54) is 0 Å². The third-order valence-electron chi connectivity index (χ3n) is 3.78. The van der Waals surface area contributed by atoms with Crippen LogP contribution in [-0.4, -0.2) is 48.1 Å². The number of amides is 2. The van der Waals surface area contributed by atoms with Crippen molar-refractivity contribution in [2.45, 2.75) is 45.7 Å². The van der Waals surface area contributed by atoms with Crippen molar-refractivity contribution in [3.63, 3.8) is 0 Å². The largest absolute Gasteiger partial charge is 0.497 e. The molecule has 2 amide bonds. The van der Waals surface area contributed by atoms with Crippen molar-refractivity contribution in [1.82, 2.24) is 10.2 Å². The van der Waals surface area contributed by atoms with Crippen molar-refractivity contribution in [3.8, 4) is 5.75 Å². The second kappa shape index (κ2) is 10.6. The number of nitrogens with zero attached hydrogens (tertiary/aromatic N) is 1. The van der Waals surface area contributed by atoms with Crippen molar-refractivity contribution in [1.29, 1.82) is 0 Å². The lowest BCUT2D eigenvalue weighted by Crippen LogP contribution is -2.47. The summed E-state index contributed by atoms with van der Waals surface area (Å²) in [6.45, 7) is 4.47. The second-order valence-electron chi connectivity index (χ2n) is 5.66. The van der Waals surface area contributed by atoms with E-state index in [9.17, 15) is 9.59 Å². The lowest BCUT2D eigenvalue weighted by atomic mass is 10.1. The molecule has 0 spiro atoms. The van der Waals surface area contributed by atoms with E-state index in [0.717, 1.165) is 17.7 Å². The zero-order chi connectivity index (χ0) is 17.9.